The number of hydrogen-bond acceptors (Lipinski definition) is 4. The molecule has 0 N–H and O–H groups in total. The van der Waals surface area contributed by atoms with Gasteiger partial charge in [0.2, 0.25) is 0 Å². The van der Waals surface area contributed by atoms with Gasteiger partial charge in [0, 0.05) is 12.1 Å². The van der Waals surface area contributed by atoms with Crippen molar-refractivity contribution in [1.29, 1.82) is 0 Å². The van der Waals surface area contributed by atoms with Crippen LogP contribution in [-0.2, 0) is 0 Å². The van der Waals surface area contributed by atoms with Crippen LogP contribution in [-0.4, -0.2) is 36.3 Å². The van der Waals surface area contributed by atoms with Crippen LogP contribution in [0.4, 0.5) is 5.69 Å². The van der Waals surface area contributed by atoms with E-state index in [9.17, 15) is 0 Å². The van der Waals surface area contributed by atoms with Crippen LogP contribution in [0.1, 0.15) is 12.8 Å². The summed E-state index contributed by atoms with van der Waals surface area (Å²) < 4.78 is 5.78. The predicted molar refractivity (Wildman–Crippen MR) is 77.3 cm³/mol. The standard InChI is InChI=1S/C13H15ClN2OS/c1-16-6-2-3-11(16)8-17-13-7-10(15-9-18)4-5-12(13)14/h4-5,7,11H,2-3,6,8H2,1H3. The summed E-state index contributed by atoms with van der Waals surface area (Å²) in [5, 5.41) is 2.93. The van der Waals surface area contributed by atoms with Crippen molar-refractivity contribution in [2.45, 2.75) is 18.9 Å². The van der Waals surface area contributed by atoms with Crippen LogP contribution in [0.15, 0.2) is 23.2 Å². The average Bonchev–Trinajstić information content (AvgIpc) is 2.76. The summed E-state index contributed by atoms with van der Waals surface area (Å²) in [5.74, 6) is 0.656. The number of halogens is 1. The van der Waals surface area contributed by atoms with Crippen LogP contribution in [0.3, 0.4) is 0 Å². The molecule has 0 radical (unpaired) electrons. The molecule has 18 heavy (non-hydrogen) atoms. The highest BCUT2D eigenvalue weighted by molar-refractivity contribution is 7.78. The molecule has 0 aromatic heterocycles. The molecule has 0 amide bonds. The molecular weight excluding hydrogens is 268 g/mol. The fourth-order valence-corrected chi connectivity index (χ4v) is 2.38. The molecule has 1 saturated heterocycles. The smallest absolute Gasteiger partial charge is 0.140 e. The molecule has 1 unspecified atom stereocenters. The Morgan fingerprint density at radius 1 is 1.61 bits per heavy atom. The predicted octanol–water partition coefficient (Wildman–Crippen LogP) is 3.55. The molecule has 0 saturated carbocycles. The molecule has 1 aliphatic heterocycles. The number of thiocarbonyl (C=S) groups is 1. The van der Waals surface area contributed by atoms with Gasteiger partial charge in [-0.2, -0.15) is 4.99 Å². The molecule has 0 bridgehead atoms. The van der Waals surface area contributed by atoms with E-state index in [1.165, 1.54) is 12.8 Å². The molecular formula is C13H15ClN2OS. The van der Waals surface area contributed by atoms with Crippen molar-refractivity contribution in [3.8, 4) is 5.75 Å². The molecule has 2 rings (SSSR count). The van der Waals surface area contributed by atoms with Gasteiger partial charge in [0.25, 0.3) is 0 Å². The van der Waals surface area contributed by atoms with Crippen molar-refractivity contribution in [2.24, 2.45) is 4.99 Å². The Labute approximate surface area is 117 Å². The highest BCUT2D eigenvalue weighted by Gasteiger charge is 2.21. The van der Waals surface area contributed by atoms with E-state index in [1.54, 1.807) is 18.2 Å². The Balaban J connectivity index is 2.03. The largest absolute Gasteiger partial charge is 0.490 e. The van der Waals surface area contributed by atoms with Crippen molar-refractivity contribution < 1.29 is 4.74 Å². The summed E-state index contributed by atoms with van der Waals surface area (Å²) in [5.41, 5.74) is 0.712. The van der Waals surface area contributed by atoms with Crippen LogP contribution >= 0.6 is 23.8 Å². The molecule has 1 heterocycles. The molecule has 0 aliphatic carbocycles. The second kappa shape index (κ2) is 6.30. The minimum Gasteiger partial charge on any atom is -0.490 e. The fraction of sp³-hybridized carbons (Fsp3) is 0.462. The third-order valence-corrected chi connectivity index (χ3v) is 3.60. The van der Waals surface area contributed by atoms with Gasteiger partial charge in [-0.25, -0.2) is 0 Å². The molecule has 1 atom stereocenters. The highest BCUT2D eigenvalue weighted by Crippen LogP contribution is 2.29. The first-order chi connectivity index (χ1) is 8.70. The lowest BCUT2D eigenvalue weighted by atomic mass is 10.2. The van der Waals surface area contributed by atoms with Gasteiger partial charge < -0.3 is 9.64 Å². The van der Waals surface area contributed by atoms with Crippen LogP contribution in [0, 0.1) is 0 Å². The lowest BCUT2D eigenvalue weighted by molar-refractivity contribution is 0.198. The maximum Gasteiger partial charge on any atom is 0.140 e. The Hall–Kier alpha value is -0.930. The molecule has 1 aliphatic rings. The third-order valence-electron chi connectivity index (χ3n) is 3.19. The van der Waals surface area contributed by atoms with E-state index in [2.05, 4.69) is 34.3 Å². The van der Waals surface area contributed by atoms with E-state index in [0.29, 0.717) is 29.1 Å². The van der Waals surface area contributed by atoms with Gasteiger partial charge >= 0.3 is 0 Å². The number of nitrogens with zero attached hydrogens (tertiary/aromatic N) is 2. The molecule has 1 aromatic carbocycles. The molecule has 1 aromatic rings. The SMILES string of the molecule is CN1CCCC1COc1cc(N=C=S)ccc1Cl. The quantitative estimate of drug-likeness (QED) is 0.624. The van der Waals surface area contributed by atoms with Gasteiger partial charge in [-0.05, 0) is 50.8 Å². The number of hydrogen-bond donors (Lipinski definition) is 0. The van der Waals surface area contributed by atoms with Crippen LogP contribution in [0.2, 0.25) is 5.02 Å². The van der Waals surface area contributed by atoms with E-state index in [1.807, 2.05) is 0 Å². The second-order valence-electron chi connectivity index (χ2n) is 4.41. The number of rotatable bonds is 4. The fourth-order valence-electron chi connectivity index (χ4n) is 2.10. The number of isothiocyanates is 1. The van der Waals surface area contributed by atoms with Crippen molar-refractivity contribution in [2.75, 3.05) is 20.2 Å². The van der Waals surface area contributed by atoms with Crippen molar-refractivity contribution in [3.63, 3.8) is 0 Å². The Morgan fingerprint density at radius 3 is 3.11 bits per heavy atom. The number of ether oxygens (including phenoxy) is 1. The minimum absolute atomic E-state index is 0.471. The summed E-state index contributed by atoms with van der Waals surface area (Å²) in [6.45, 7) is 1.79. The van der Waals surface area contributed by atoms with Crippen molar-refractivity contribution >= 4 is 34.7 Å². The molecule has 3 nitrogen and oxygen atoms in total. The Bertz CT molecular complexity index is 474. The van der Waals surface area contributed by atoms with Crippen molar-refractivity contribution in [1.82, 2.24) is 4.90 Å². The number of likely N-dealkylation sites (tertiary alicyclic amines) is 1. The summed E-state index contributed by atoms with van der Waals surface area (Å²) in [7, 11) is 2.12. The number of aliphatic imine (C=N–C) groups is 1. The van der Waals surface area contributed by atoms with E-state index < -0.39 is 0 Å². The summed E-state index contributed by atoms with van der Waals surface area (Å²) in [6.07, 6.45) is 2.40. The summed E-state index contributed by atoms with van der Waals surface area (Å²) in [6, 6.07) is 5.81. The highest BCUT2D eigenvalue weighted by atomic mass is 35.5. The Kier molecular flexibility index (Phi) is 4.72. The lowest BCUT2D eigenvalue weighted by Crippen LogP contribution is -2.30. The van der Waals surface area contributed by atoms with Crippen LogP contribution < -0.4 is 4.74 Å². The molecule has 5 heteroatoms. The number of likely N-dealkylation sites (N-methyl/N-ethyl adjacent to an activating group) is 1. The summed E-state index contributed by atoms with van der Waals surface area (Å²) in [4.78, 5) is 6.23. The molecule has 0 spiro atoms. The minimum atomic E-state index is 0.471. The van der Waals surface area contributed by atoms with E-state index >= 15 is 0 Å². The van der Waals surface area contributed by atoms with Gasteiger partial charge in [0.1, 0.15) is 12.4 Å². The Morgan fingerprint density at radius 2 is 2.44 bits per heavy atom. The normalized spacial score (nSPS) is 19.6. The second-order valence-corrected chi connectivity index (χ2v) is 5.00. The van der Waals surface area contributed by atoms with Gasteiger partial charge in [0.15, 0.2) is 0 Å². The monoisotopic (exact) mass is 282 g/mol. The molecule has 1 fully saturated rings. The van der Waals surface area contributed by atoms with Gasteiger partial charge in [-0.3, -0.25) is 0 Å². The number of benzene rings is 1. The topological polar surface area (TPSA) is 24.8 Å². The van der Waals surface area contributed by atoms with E-state index in [4.69, 9.17) is 16.3 Å². The zero-order chi connectivity index (χ0) is 13.0. The first-order valence-corrected chi connectivity index (χ1v) is 6.70. The first-order valence-electron chi connectivity index (χ1n) is 5.91. The van der Waals surface area contributed by atoms with Crippen LogP contribution in [0.25, 0.3) is 0 Å². The van der Waals surface area contributed by atoms with Gasteiger partial charge in [-0.15, -0.1) is 0 Å². The van der Waals surface area contributed by atoms with Gasteiger partial charge in [-0.1, -0.05) is 11.6 Å². The van der Waals surface area contributed by atoms with E-state index in [0.717, 1.165) is 6.54 Å². The summed E-state index contributed by atoms with van der Waals surface area (Å²) >= 11 is 10.7. The zero-order valence-electron chi connectivity index (χ0n) is 10.2. The lowest BCUT2D eigenvalue weighted by Gasteiger charge is -2.20. The third kappa shape index (κ3) is 3.30. The van der Waals surface area contributed by atoms with Crippen LogP contribution in [0.5, 0.6) is 5.75 Å². The maximum absolute atomic E-state index is 6.09. The zero-order valence-corrected chi connectivity index (χ0v) is 11.8. The maximum atomic E-state index is 6.09. The van der Waals surface area contributed by atoms with E-state index in [-0.39, 0.29) is 0 Å². The van der Waals surface area contributed by atoms with Gasteiger partial charge in [0.05, 0.1) is 15.9 Å². The first kappa shape index (κ1) is 13.5. The van der Waals surface area contributed by atoms with Crippen molar-refractivity contribution in [3.05, 3.63) is 23.2 Å². The molecule has 96 valence electrons. The average molecular weight is 283 g/mol.